The Morgan fingerprint density at radius 3 is 1.86 bits per heavy atom. The summed E-state index contributed by atoms with van der Waals surface area (Å²) in [5, 5.41) is 0. The van der Waals surface area contributed by atoms with E-state index in [2.05, 4.69) is 0 Å². The van der Waals surface area contributed by atoms with Crippen LogP contribution in [0.3, 0.4) is 0 Å². The molecule has 5 aromatic rings. The number of ether oxygens (including phenoxy) is 3. The van der Waals surface area contributed by atoms with Gasteiger partial charge in [0.05, 0.1) is 20.8 Å². The van der Waals surface area contributed by atoms with Gasteiger partial charge in [-0.25, -0.2) is 0 Å². The number of furan rings is 1. The van der Waals surface area contributed by atoms with Crippen molar-refractivity contribution in [2.24, 2.45) is 5.41 Å². The molecule has 0 aliphatic heterocycles. The van der Waals surface area contributed by atoms with Crippen molar-refractivity contribution < 1.29 is 33.0 Å². The quantitative estimate of drug-likeness (QED) is 0.0969. The highest BCUT2D eigenvalue weighted by Gasteiger charge is 2.54. The van der Waals surface area contributed by atoms with Gasteiger partial charge in [0.2, 0.25) is 0 Å². The molecule has 1 heterocycles. The zero-order valence-electron chi connectivity index (χ0n) is 28.5. The first-order valence-electron chi connectivity index (χ1n) is 16.7. The van der Waals surface area contributed by atoms with Crippen LogP contribution in [0.5, 0.6) is 0 Å². The molecule has 7 nitrogen and oxygen atoms in total. The molecule has 0 spiro atoms. The summed E-state index contributed by atoms with van der Waals surface area (Å²) in [4.78, 5) is 40.1. The lowest BCUT2D eigenvalue weighted by atomic mass is 9.68. The maximum absolute atomic E-state index is 13.8. The van der Waals surface area contributed by atoms with Crippen molar-refractivity contribution >= 4 is 28.9 Å². The van der Waals surface area contributed by atoms with Crippen LogP contribution >= 0.6 is 0 Å². The molecule has 6 rings (SSSR count). The van der Waals surface area contributed by atoms with Crippen molar-refractivity contribution in [2.45, 2.75) is 45.3 Å². The smallest absolute Gasteiger partial charge is 0.324 e. The van der Waals surface area contributed by atoms with Crippen LogP contribution in [0.15, 0.2) is 126 Å². The predicted molar refractivity (Wildman–Crippen MR) is 192 cm³/mol. The summed E-state index contributed by atoms with van der Waals surface area (Å²) in [6, 6.07) is 39.4. The first kappa shape index (κ1) is 34.3. The van der Waals surface area contributed by atoms with Crippen LogP contribution in [0.25, 0.3) is 22.5 Å². The minimum Gasteiger partial charge on any atom is -0.468 e. The van der Waals surface area contributed by atoms with Gasteiger partial charge in [0, 0.05) is 36.0 Å². The number of carbonyl (C=O) groups is 3. The van der Waals surface area contributed by atoms with Crippen LogP contribution < -0.4 is 0 Å². The van der Waals surface area contributed by atoms with E-state index in [1.807, 2.05) is 121 Å². The van der Waals surface area contributed by atoms with E-state index in [0.717, 1.165) is 39.0 Å². The summed E-state index contributed by atoms with van der Waals surface area (Å²) in [7, 11) is 2.54. The SMILES string of the molecule is COC(=O)C1(C(=O)OC)C/C(=C(/CCC(C)=O)c2ccccc2)c2c(oc(-c3ccccc3)c2[C@H](OCc2ccccc2)c2ccccc2)C1. The lowest BCUT2D eigenvalue weighted by Crippen LogP contribution is -2.45. The van der Waals surface area contributed by atoms with E-state index >= 15 is 0 Å². The molecule has 1 atom stereocenters. The molecular formula is C43H40O7. The second-order valence-electron chi connectivity index (χ2n) is 12.5. The van der Waals surface area contributed by atoms with E-state index in [9.17, 15) is 14.4 Å². The van der Waals surface area contributed by atoms with Crippen LogP contribution in [0.4, 0.5) is 0 Å². The maximum atomic E-state index is 13.8. The van der Waals surface area contributed by atoms with E-state index in [1.54, 1.807) is 6.92 Å². The van der Waals surface area contributed by atoms with Crippen LogP contribution in [0.1, 0.15) is 65.9 Å². The van der Waals surface area contributed by atoms with Crippen molar-refractivity contribution in [1.29, 1.82) is 0 Å². The molecular weight excluding hydrogens is 628 g/mol. The summed E-state index contributed by atoms with van der Waals surface area (Å²) in [6.45, 7) is 1.88. The van der Waals surface area contributed by atoms with Crippen molar-refractivity contribution in [3.05, 3.63) is 155 Å². The van der Waals surface area contributed by atoms with Gasteiger partial charge >= 0.3 is 11.9 Å². The first-order chi connectivity index (χ1) is 24.4. The van der Waals surface area contributed by atoms with Gasteiger partial charge < -0.3 is 23.4 Å². The van der Waals surface area contributed by atoms with Gasteiger partial charge in [0.1, 0.15) is 23.4 Å². The zero-order valence-corrected chi connectivity index (χ0v) is 28.5. The van der Waals surface area contributed by atoms with Crippen molar-refractivity contribution in [3.8, 4) is 11.3 Å². The number of ketones is 1. The lowest BCUT2D eigenvalue weighted by molar-refractivity contribution is -0.169. The molecule has 0 unspecified atom stereocenters. The monoisotopic (exact) mass is 668 g/mol. The molecule has 7 heteroatoms. The van der Waals surface area contributed by atoms with Gasteiger partial charge in [-0.1, -0.05) is 121 Å². The molecule has 1 aromatic heterocycles. The fourth-order valence-electron chi connectivity index (χ4n) is 6.89. The Morgan fingerprint density at radius 1 is 0.720 bits per heavy atom. The van der Waals surface area contributed by atoms with Crippen LogP contribution in [-0.4, -0.2) is 31.9 Å². The van der Waals surface area contributed by atoms with E-state index in [4.69, 9.17) is 18.6 Å². The number of hydrogen-bond donors (Lipinski definition) is 0. The topological polar surface area (TPSA) is 92.0 Å². The van der Waals surface area contributed by atoms with Gasteiger partial charge in [-0.15, -0.1) is 0 Å². The minimum atomic E-state index is -1.72. The molecule has 0 radical (unpaired) electrons. The molecule has 254 valence electrons. The molecule has 4 aromatic carbocycles. The normalized spacial score (nSPS) is 15.0. The summed E-state index contributed by atoms with van der Waals surface area (Å²) in [6.07, 6.45) is -0.0818. The number of esters is 2. The number of methoxy groups -OCH3 is 2. The van der Waals surface area contributed by atoms with E-state index in [0.29, 0.717) is 30.1 Å². The molecule has 0 N–H and O–H groups in total. The van der Waals surface area contributed by atoms with E-state index in [1.165, 1.54) is 14.2 Å². The molecule has 0 bridgehead atoms. The first-order valence-corrected chi connectivity index (χ1v) is 16.7. The van der Waals surface area contributed by atoms with Gasteiger partial charge in [0.25, 0.3) is 0 Å². The zero-order chi connectivity index (χ0) is 35.1. The van der Waals surface area contributed by atoms with E-state index in [-0.39, 0.29) is 25.0 Å². The number of benzene rings is 4. The summed E-state index contributed by atoms with van der Waals surface area (Å²) in [5.41, 5.74) is 4.95. The third kappa shape index (κ3) is 6.96. The highest BCUT2D eigenvalue weighted by Crippen LogP contribution is 2.54. The molecule has 50 heavy (non-hydrogen) atoms. The van der Waals surface area contributed by atoms with Gasteiger partial charge in [-0.2, -0.15) is 0 Å². The highest BCUT2D eigenvalue weighted by atomic mass is 16.5. The maximum Gasteiger partial charge on any atom is 0.324 e. The third-order valence-electron chi connectivity index (χ3n) is 9.29. The largest absolute Gasteiger partial charge is 0.468 e. The number of carbonyl (C=O) groups excluding carboxylic acids is 3. The molecule has 1 aliphatic carbocycles. The molecule has 0 amide bonds. The highest BCUT2D eigenvalue weighted by molar-refractivity contribution is 6.06. The van der Waals surface area contributed by atoms with E-state index < -0.39 is 23.5 Å². The second kappa shape index (κ2) is 15.3. The Labute approximate surface area is 292 Å². The van der Waals surface area contributed by atoms with Crippen molar-refractivity contribution in [2.75, 3.05) is 14.2 Å². The lowest BCUT2D eigenvalue weighted by Gasteiger charge is -2.34. The Bertz CT molecular complexity index is 1960. The van der Waals surface area contributed by atoms with Crippen LogP contribution in [0.2, 0.25) is 0 Å². The van der Waals surface area contributed by atoms with Crippen LogP contribution in [-0.2, 0) is 41.6 Å². The number of fused-ring (bicyclic) bond motifs is 1. The Kier molecular flexibility index (Phi) is 10.5. The Morgan fingerprint density at radius 2 is 1.28 bits per heavy atom. The average molecular weight is 669 g/mol. The summed E-state index contributed by atoms with van der Waals surface area (Å²) in [5.74, 6) is -0.403. The molecule has 0 saturated heterocycles. The van der Waals surface area contributed by atoms with Crippen LogP contribution in [0, 0.1) is 5.41 Å². The Balaban J connectivity index is 1.71. The molecule has 0 saturated carbocycles. The standard InChI is InChI=1S/C43H40O7/c1-29(44)24-25-34(31-18-10-5-11-19-31)35-26-43(41(45)47-2,42(46)48-3)27-36-37(35)38(40(50-36)33-22-14-7-15-23-33)39(32-20-12-6-13-21-32)49-28-30-16-8-4-9-17-30/h4-23,39H,24-28H2,1-3H3/b35-34+/t39-/m1/s1. The molecule has 1 aliphatic rings. The summed E-state index contributed by atoms with van der Waals surface area (Å²) >= 11 is 0. The number of allylic oxidation sites excluding steroid dienone is 2. The van der Waals surface area contributed by atoms with Crippen molar-refractivity contribution in [3.63, 3.8) is 0 Å². The van der Waals surface area contributed by atoms with Gasteiger partial charge in [-0.05, 0) is 41.2 Å². The minimum absolute atomic E-state index is 0.0213. The Hall–Kier alpha value is -5.53. The third-order valence-corrected chi connectivity index (χ3v) is 9.29. The number of hydrogen-bond acceptors (Lipinski definition) is 7. The van der Waals surface area contributed by atoms with Gasteiger partial charge in [-0.3, -0.25) is 9.59 Å². The second-order valence-corrected chi connectivity index (χ2v) is 12.5. The predicted octanol–water partition coefficient (Wildman–Crippen LogP) is 8.81. The fraction of sp³-hybridized carbons (Fsp3) is 0.233. The number of rotatable bonds is 12. The summed E-state index contributed by atoms with van der Waals surface area (Å²) < 4.78 is 24.4. The van der Waals surface area contributed by atoms with Gasteiger partial charge in [0.15, 0.2) is 5.41 Å². The number of Topliss-reactive ketones (excluding diaryl/α,β-unsaturated/α-hetero) is 1. The molecule has 0 fully saturated rings. The average Bonchev–Trinajstić information content (AvgIpc) is 3.54. The fourth-order valence-corrected chi connectivity index (χ4v) is 6.89. The van der Waals surface area contributed by atoms with Crippen molar-refractivity contribution in [1.82, 2.24) is 0 Å².